The molecule has 0 saturated carbocycles. The van der Waals surface area contributed by atoms with Gasteiger partial charge >= 0.3 is 0 Å². The highest BCUT2D eigenvalue weighted by Crippen LogP contribution is 2.27. The number of hydrogen-bond acceptors (Lipinski definition) is 7. The molecule has 0 bridgehead atoms. The molecule has 1 fully saturated rings. The predicted molar refractivity (Wildman–Crippen MR) is 134 cm³/mol. The Morgan fingerprint density at radius 2 is 1.97 bits per heavy atom. The van der Waals surface area contributed by atoms with Crippen molar-refractivity contribution in [2.24, 2.45) is 0 Å². The van der Waals surface area contributed by atoms with E-state index in [9.17, 15) is 5.11 Å². The van der Waals surface area contributed by atoms with E-state index in [1.165, 1.54) is 0 Å². The number of ether oxygens (including phenoxy) is 1. The quantitative estimate of drug-likeness (QED) is 0.565. The number of anilines is 1. The number of benzene rings is 1. The fourth-order valence-corrected chi connectivity index (χ4v) is 3.71. The molecule has 0 amide bonds. The van der Waals surface area contributed by atoms with Crippen LogP contribution in [0.2, 0.25) is 0 Å². The fraction of sp³-hybridized carbons (Fsp3) is 0.385. The van der Waals surface area contributed by atoms with Crippen LogP contribution in [0, 0.1) is 11.8 Å². The van der Waals surface area contributed by atoms with Crippen molar-refractivity contribution in [2.75, 3.05) is 44.0 Å². The van der Waals surface area contributed by atoms with E-state index < -0.39 is 5.60 Å². The Kier molecular flexibility index (Phi) is 7.06. The third-order valence-electron chi connectivity index (χ3n) is 5.60. The summed E-state index contributed by atoms with van der Waals surface area (Å²) in [7, 11) is 2.15. The summed E-state index contributed by atoms with van der Waals surface area (Å²) >= 11 is 0. The lowest BCUT2D eigenvalue weighted by molar-refractivity contribution is 0.143. The van der Waals surface area contributed by atoms with Crippen LogP contribution in [0.1, 0.15) is 31.4 Å². The molecule has 0 aliphatic carbocycles. The third-order valence-corrected chi connectivity index (χ3v) is 5.60. The van der Waals surface area contributed by atoms with Crippen molar-refractivity contribution in [3.63, 3.8) is 0 Å². The zero-order valence-corrected chi connectivity index (χ0v) is 20.0. The highest BCUT2D eigenvalue weighted by Gasteiger charge is 2.15. The van der Waals surface area contributed by atoms with Gasteiger partial charge in [-0.15, -0.1) is 0 Å². The maximum absolute atomic E-state index is 9.82. The molecule has 1 aliphatic heterocycles. The van der Waals surface area contributed by atoms with E-state index >= 15 is 0 Å². The Morgan fingerprint density at radius 1 is 1.12 bits per heavy atom. The first-order valence-corrected chi connectivity index (χ1v) is 11.5. The molecule has 2 aromatic heterocycles. The second-order valence-corrected chi connectivity index (χ2v) is 9.17. The SMILES string of the molecule is CN1CCCN(n2cc(-c3cnc(N)c(OCc4cccc(C#CC(C)(C)O)c4)c3)cn2)CC1. The summed E-state index contributed by atoms with van der Waals surface area (Å²) in [6, 6.07) is 9.62. The van der Waals surface area contributed by atoms with E-state index in [-0.39, 0.29) is 0 Å². The number of rotatable bonds is 5. The first kappa shape index (κ1) is 23.6. The maximum atomic E-state index is 9.82. The van der Waals surface area contributed by atoms with Crippen molar-refractivity contribution in [1.82, 2.24) is 19.8 Å². The Hall–Kier alpha value is -3.54. The Balaban J connectivity index is 1.46. The molecule has 178 valence electrons. The van der Waals surface area contributed by atoms with E-state index in [1.807, 2.05) is 47.5 Å². The molecule has 3 aromatic rings. The minimum Gasteiger partial charge on any atom is -0.485 e. The highest BCUT2D eigenvalue weighted by atomic mass is 16.5. The number of aromatic nitrogens is 3. The zero-order valence-electron chi connectivity index (χ0n) is 20.0. The smallest absolute Gasteiger partial charge is 0.166 e. The van der Waals surface area contributed by atoms with Crippen LogP contribution in [-0.2, 0) is 6.61 Å². The van der Waals surface area contributed by atoms with Crippen LogP contribution in [0.5, 0.6) is 5.75 Å². The number of nitrogens with two attached hydrogens (primary N) is 1. The lowest BCUT2D eigenvalue weighted by Crippen LogP contribution is -2.38. The predicted octanol–water partition coefficient (Wildman–Crippen LogP) is 2.50. The molecule has 3 heterocycles. The number of likely N-dealkylation sites (N-methyl/N-ethyl adjacent to an activating group) is 1. The van der Waals surface area contributed by atoms with Gasteiger partial charge in [0.2, 0.25) is 0 Å². The van der Waals surface area contributed by atoms with Gasteiger partial charge in [0.05, 0.1) is 12.4 Å². The lowest BCUT2D eigenvalue weighted by atomic mass is 10.1. The summed E-state index contributed by atoms with van der Waals surface area (Å²) in [5.41, 5.74) is 8.67. The largest absolute Gasteiger partial charge is 0.485 e. The van der Waals surface area contributed by atoms with Gasteiger partial charge in [-0.3, -0.25) is 5.01 Å². The van der Waals surface area contributed by atoms with Crippen LogP contribution < -0.4 is 15.5 Å². The molecular weight excluding hydrogens is 428 g/mol. The number of hydrogen-bond donors (Lipinski definition) is 2. The maximum Gasteiger partial charge on any atom is 0.166 e. The first-order valence-electron chi connectivity index (χ1n) is 11.5. The van der Waals surface area contributed by atoms with Crippen LogP contribution in [0.4, 0.5) is 5.82 Å². The van der Waals surface area contributed by atoms with E-state index in [1.54, 1.807) is 20.0 Å². The molecule has 0 spiro atoms. The van der Waals surface area contributed by atoms with Crippen molar-refractivity contribution >= 4 is 5.82 Å². The van der Waals surface area contributed by atoms with Gasteiger partial charge in [-0.1, -0.05) is 24.0 Å². The summed E-state index contributed by atoms with van der Waals surface area (Å²) in [5, 5.41) is 16.6. The van der Waals surface area contributed by atoms with Gasteiger partial charge in [0, 0.05) is 42.5 Å². The van der Waals surface area contributed by atoms with Crippen LogP contribution in [0.25, 0.3) is 11.1 Å². The molecule has 4 rings (SSSR count). The van der Waals surface area contributed by atoms with Gasteiger partial charge in [-0.25, -0.2) is 4.98 Å². The molecule has 0 unspecified atom stereocenters. The molecule has 34 heavy (non-hydrogen) atoms. The third kappa shape index (κ3) is 6.28. The standard InChI is InChI=1S/C26H32N6O2/c1-26(2,33)9-8-20-6-4-7-21(14-20)19-34-24-15-22(16-28-25(24)27)23-17-29-32(18-23)31-11-5-10-30(3)12-13-31/h4,6-7,14-18,33H,5,10-13,19H2,1-3H3,(H2,27,28). The normalized spacial score (nSPS) is 14.9. The van der Waals surface area contributed by atoms with Crippen molar-refractivity contribution in [3.8, 4) is 28.7 Å². The second-order valence-electron chi connectivity index (χ2n) is 9.17. The summed E-state index contributed by atoms with van der Waals surface area (Å²) in [5.74, 6) is 6.68. The van der Waals surface area contributed by atoms with E-state index in [4.69, 9.17) is 10.5 Å². The number of nitrogen functional groups attached to an aromatic ring is 1. The summed E-state index contributed by atoms with van der Waals surface area (Å²) in [6.07, 6.45) is 6.72. The summed E-state index contributed by atoms with van der Waals surface area (Å²) in [4.78, 5) is 8.60. The molecule has 1 aliphatic rings. The first-order chi connectivity index (χ1) is 16.3. The summed E-state index contributed by atoms with van der Waals surface area (Å²) in [6.45, 7) is 7.67. The van der Waals surface area contributed by atoms with Crippen molar-refractivity contribution in [2.45, 2.75) is 32.5 Å². The molecule has 8 nitrogen and oxygen atoms in total. The van der Waals surface area contributed by atoms with E-state index in [0.29, 0.717) is 18.2 Å². The number of aliphatic hydroxyl groups is 1. The van der Waals surface area contributed by atoms with Crippen molar-refractivity contribution in [3.05, 3.63) is 60.0 Å². The Morgan fingerprint density at radius 3 is 2.79 bits per heavy atom. The average Bonchev–Trinajstić information content (AvgIpc) is 3.19. The van der Waals surface area contributed by atoms with Crippen LogP contribution >= 0.6 is 0 Å². The van der Waals surface area contributed by atoms with Gasteiger partial charge in [-0.2, -0.15) is 9.89 Å². The Labute approximate surface area is 200 Å². The molecule has 0 radical (unpaired) electrons. The molecule has 1 saturated heterocycles. The van der Waals surface area contributed by atoms with Gasteiger partial charge in [-0.05, 0) is 57.6 Å². The fourth-order valence-electron chi connectivity index (χ4n) is 3.71. The Bertz CT molecular complexity index is 1190. The molecule has 1 aromatic carbocycles. The topological polar surface area (TPSA) is 92.7 Å². The van der Waals surface area contributed by atoms with E-state index in [2.05, 4.69) is 38.9 Å². The summed E-state index contributed by atoms with van der Waals surface area (Å²) < 4.78 is 6.01. The van der Waals surface area contributed by atoms with Gasteiger partial charge in [0.25, 0.3) is 0 Å². The van der Waals surface area contributed by atoms with Crippen molar-refractivity contribution in [1.29, 1.82) is 0 Å². The number of pyridine rings is 1. The minimum absolute atomic E-state index is 0.327. The number of nitrogens with zero attached hydrogens (tertiary/aromatic N) is 5. The highest BCUT2D eigenvalue weighted by molar-refractivity contribution is 5.65. The van der Waals surface area contributed by atoms with Crippen molar-refractivity contribution < 1.29 is 9.84 Å². The van der Waals surface area contributed by atoms with Gasteiger partial charge in [0.1, 0.15) is 12.2 Å². The van der Waals surface area contributed by atoms with Gasteiger partial charge < -0.3 is 20.5 Å². The zero-order chi connectivity index (χ0) is 24.1. The second kappa shape index (κ2) is 10.2. The monoisotopic (exact) mass is 460 g/mol. The molecule has 3 N–H and O–H groups in total. The minimum atomic E-state index is -1.04. The van der Waals surface area contributed by atoms with Crippen LogP contribution in [0.15, 0.2) is 48.9 Å². The van der Waals surface area contributed by atoms with Crippen LogP contribution in [0.3, 0.4) is 0 Å². The molecular formula is C26H32N6O2. The molecule has 8 heteroatoms. The van der Waals surface area contributed by atoms with Gasteiger partial charge in [0.15, 0.2) is 11.6 Å². The lowest BCUT2D eigenvalue weighted by Gasteiger charge is -2.22. The molecule has 0 atom stereocenters. The average molecular weight is 461 g/mol. The van der Waals surface area contributed by atoms with Crippen LogP contribution in [-0.4, -0.2) is 63.7 Å². The van der Waals surface area contributed by atoms with E-state index in [0.717, 1.165) is 54.9 Å².